The fraction of sp³-hybridized carbons (Fsp3) is 0.471. The number of ether oxygens (including phenoxy) is 1. The van der Waals surface area contributed by atoms with Gasteiger partial charge in [-0.25, -0.2) is 14.8 Å². The molecule has 2 aromatic rings. The zero-order valence-electron chi connectivity index (χ0n) is 13.5. The summed E-state index contributed by atoms with van der Waals surface area (Å²) in [6, 6.07) is 7.93. The van der Waals surface area contributed by atoms with E-state index in [9.17, 15) is 4.79 Å². The molecule has 0 N–H and O–H groups in total. The zero-order chi connectivity index (χ0) is 16.0. The van der Waals surface area contributed by atoms with Crippen LogP contribution < -0.4 is 0 Å². The highest BCUT2D eigenvalue weighted by Gasteiger charge is 2.48. The molecule has 6 heteroatoms. The molecule has 2 aliphatic heterocycles. The molecule has 0 bridgehead atoms. The second-order valence-corrected chi connectivity index (χ2v) is 6.61. The number of rotatable bonds is 2. The SMILES string of the molecule is Cc1nc2ccccc2nc1CN1CCC2(C1)CN(C)C(=O)O2. The van der Waals surface area contributed by atoms with Crippen LogP contribution in [0.4, 0.5) is 4.79 Å². The van der Waals surface area contributed by atoms with E-state index < -0.39 is 0 Å². The highest BCUT2D eigenvalue weighted by atomic mass is 16.6. The average molecular weight is 312 g/mol. The van der Waals surface area contributed by atoms with E-state index in [1.54, 1.807) is 11.9 Å². The molecule has 1 amide bonds. The maximum absolute atomic E-state index is 11.7. The van der Waals surface area contributed by atoms with Crippen LogP contribution in [0.25, 0.3) is 11.0 Å². The summed E-state index contributed by atoms with van der Waals surface area (Å²) < 4.78 is 5.60. The number of nitrogens with zero attached hydrogens (tertiary/aromatic N) is 4. The number of hydrogen-bond donors (Lipinski definition) is 0. The molecule has 3 heterocycles. The molecule has 1 unspecified atom stereocenters. The first-order valence-electron chi connectivity index (χ1n) is 7.93. The molecular weight excluding hydrogens is 292 g/mol. The molecule has 1 spiro atoms. The maximum Gasteiger partial charge on any atom is 0.410 e. The Hall–Kier alpha value is -2.21. The third-order valence-electron chi connectivity index (χ3n) is 4.75. The second kappa shape index (κ2) is 5.16. The number of carbonyl (C=O) groups is 1. The molecule has 0 aliphatic carbocycles. The summed E-state index contributed by atoms with van der Waals surface area (Å²) in [4.78, 5) is 25.0. The van der Waals surface area contributed by atoms with Crippen molar-refractivity contribution in [1.82, 2.24) is 19.8 Å². The number of aromatic nitrogens is 2. The number of para-hydroxylation sites is 2. The van der Waals surface area contributed by atoms with E-state index in [0.29, 0.717) is 6.54 Å². The van der Waals surface area contributed by atoms with Crippen molar-refractivity contribution < 1.29 is 9.53 Å². The molecule has 6 nitrogen and oxygen atoms in total. The van der Waals surface area contributed by atoms with Crippen LogP contribution in [-0.2, 0) is 11.3 Å². The van der Waals surface area contributed by atoms with Gasteiger partial charge in [-0.15, -0.1) is 0 Å². The van der Waals surface area contributed by atoms with Crippen LogP contribution in [0.2, 0.25) is 0 Å². The molecule has 2 fully saturated rings. The Kier molecular flexibility index (Phi) is 3.23. The van der Waals surface area contributed by atoms with E-state index in [4.69, 9.17) is 9.72 Å². The van der Waals surface area contributed by atoms with E-state index in [-0.39, 0.29) is 11.7 Å². The van der Waals surface area contributed by atoms with Crippen LogP contribution >= 0.6 is 0 Å². The number of likely N-dealkylation sites (N-methyl/N-ethyl adjacent to an activating group) is 1. The Morgan fingerprint density at radius 2 is 1.96 bits per heavy atom. The molecule has 4 rings (SSSR count). The first-order valence-corrected chi connectivity index (χ1v) is 7.93. The molecular formula is C17H20N4O2. The number of aryl methyl sites for hydroxylation is 1. The highest BCUT2D eigenvalue weighted by molar-refractivity contribution is 5.74. The summed E-state index contributed by atoms with van der Waals surface area (Å²) in [5.41, 5.74) is 3.47. The molecule has 2 aliphatic rings. The molecule has 1 aromatic heterocycles. The van der Waals surface area contributed by atoms with E-state index >= 15 is 0 Å². The van der Waals surface area contributed by atoms with Gasteiger partial charge in [0, 0.05) is 33.1 Å². The van der Waals surface area contributed by atoms with Gasteiger partial charge < -0.3 is 9.64 Å². The van der Waals surface area contributed by atoms with E-state index in [0.717, 1.165) is 48.5 Å². The molecule has 0 radical (unpaired) electrons. The lowest BCUT2D eigenvalue weighted by atomic mass is 10.0. The lowest BCUT2D eigenvalue weighted by Gasteiger charge is -2.22. The Morgan fingerprint density at radius 3 is 2.65 bits per heavy atom. The quantitative estimate of drug-likeness (QED) is 0.848. The van der Waals surface area contributed by atoms with Gasteiger partial charge in [0.2, 0.25) is 0 Å². The van der Waals surface area contributed by atoms with Crippen LogP contribution in [0, 0.1) is 6.92 Å². The van der Waals surface area contributed by atoms with Crippen molar-refractivity contribution in [2.45, 2.75) is 25.5 Å². The van der Waals surface area contributed by atoms with Crippen molar-refractivity contribution in [2.75, 3.05) is 26.7 Å². The number of fused-ring (bicyclic) bond motifs is 1. The van der Waals surface area contributed by atoms with Crippen molar-refractivity contribution in [3.8, 4) is 0 Å². The number of likely N-dealkylation sites (tertiary alicyclic amines) is 1. The largest absolute Gasteiger partial charge is 0.439 e. The topological polar surface area (TPSA) is 58.6 Å². The van der Waals surface area contributed by atoms with Crippen molar-refractivity contribution in [3.05, 3.63) is 35.7 Å². The zero-order valence-corrected chi connectivity index (χ0v) is 13.5. The van der Waals surface area contributed by atoms with Gasteiger partial charge in [-0.2, -0.15) is 0 Å². The maximum atomic E-state index is 11.7. The fourth-order valence-corrected chi connectivity index (χ4v) is 3.55. The number of hydrogen-bond acceptors (Lipinski definition) is 5. The van der Waals surface area contributed by atoms with Crippen molar-refractivity contribution in [2.24, 2.45) is 0 Å². The van der Waals surface area contributed by atoms with Gasteiger partial charge in [0.05, 0.1) is 29.0 Å². The minimum absolute atomic E-state index is 0.214. The third kappa shape index (κ3) is 2.53. The van der Waals surface area contributed by atoms with Crippen molar-refractivity contribution in [3.63, 3.8) is 0 Å². The average Bonchev–Trinajstić information content (AvgIpc) is 3.03. The van der Waals surface area contributed by atoms with Gasteiger partial charge in [-0.1, -0.05) is 12.1 Å². The molecule has 23 heavy (non-hydrogen) atoms. The summed E-state index contributed by atoms with van der Waals surface area (Å²) in [5, 5.41) is 0. The predicted octanol–water partition coefficient (Wildman–Crippen LogP) is 1.96. The Bertz CT molecular complexity index is 778. The van der Waals surface area contributed by atoms with Crippen LogP contribution in [0.5, 0.6) is 0 Å². The molecule has 1 aromatic carbocycles. The van der Waals surface area contributed by atoms with Gasteiger partial charge in [0.15, 0.2) is 0 Å². The number of benzene rings is 1. The number of amides is 1. The Balaban J connectivity index is 1.53. The van der Waals surface area contributed by atoms with Crippen LogP contribution in [-0.4, -0.2) is 58.1 Å². The lowest BCUT2D eigenvalue weighted by Crippen LogP contribution is -2.37. The van der Waals surface area contributed by atoms with Crippen LogP contribution in [0.1, 0.15) is 17.8 Å². The third-order valence-corrected chi connectivity index (χ3v) is 4.75. The Labute approximate surface area is 135 Å². The molecule has 1 atom stereocenters. The minimum atomic E-state index is -0.343. The van der Waals surface area contributed by atoms with Gasteiger partial charge in [0.1, 0.15) is 5.60 Å². The normalized spacial score (nSPS) is 24.8. The summed E-state index contributed by atoms with van der Waals surface area (Å²) in [5.74, 6) is 0. The molecule has 0 saturated carbocycles. The minimum Gasteiger partial charge on any atom is -0.439 e. The van der Waals surface area contributed by atoms with E-state index in [1.807, 2.05) is 31.2 Å². The van der Waals surface area contributed by atoms with E-state index in [2.05, 4.69) is 9.88 Å². The fourth-order valence-electron chi connectivity index (χ4n) is 3.55. The van der Waals surface area contributed by atoms with Gasteiger partial charge >= 0.3 is 6.09 Å². The van der Waals surface area contributed by atoms with Crippen molar-refractivity contribution >= 4 is 17.1 Å². The Morgan fingerprint density at radius 1 is 1.22 bits per heavy atom. The summed E-state index contributed by atoms with van der Waals surface area (Å²) >= 11 is 0. The van der Waals surface area contributed by atoms with Crippen LogP contribution in [0.15, 0.2) is 24.3 Å². The number of carbonyl (C=O) groups excluding carboxylic acids is 1. The first-order chi connectivity index (χ1) is 11.0. The van der Waals surface area contributed by atoms with Crippen molar-refractivity contribution in [1.29, 1.82) is 0 Å². The summed E-state index contributed by atoms with van der Waals surface area (Å²) in [6.07, 6.45) is 0.664. The molecule has 2 saturated heterocycles. The summed E-state index contributed by atoms with van der Waals surface area (Å²) in [7, 11) is 1.79. The predicted molar refractivity (Wildman–Crippen MR) is 86.0 cm³/mol. The van der Waals surface area contributed by atoms with Gasteiger partial charge in [-0.05, 0) is 19.1 Å². The monoisotopic (exact) mass is 312 g/mol. The molecule has 120 valence electrons. The van der Waals surface area contributed by atoms with Gasteiger partial charge in [-0.3, -0.25) is 4.90 Å². The highest BCUT2D eigenvalue weighted by Crippen LogP contribution is 2.32. The van der Waals surface area contributed by atoms with Gasteiger partial charge in [0.25, 0.3) is 0 Å². The second-order valence-electron chi connectivity index (χ2n) is 6.61. The lowest BCUT2D eigenvalue weighted by molar-refractivity contribution is 0.0626. The summed E-state index contributed by atoms with van der Waals surface area (Å²) in [6.45, 7) is 5.09. The smallest absolute Gasteiger partial charge is 0.410 e. The standard InChI is InChI=1S/C17H20N4O2/c1-12-15(19-14-6-4-3-5-13(14)18-12)9-21-8-7-17(11-21)10-20(2)16(22)23-17/h3-6H,7-11H2,1-2H3. The van der Waals surface area contributed by atoms with E-state index in [1.165, 1.54) is 0 Å². The van der Waals surface area contributed by atoms with Crippen LogP contribution in [0.3, 0.4) is 0 Å². The first kappa shape index (κ1) is 14.4.